The molecule has 0 unspecified atom stereocenters. The van der Waals surface area contributed by atoms with E-state index in [1.165, 1.54) is 0 Å². The molecule has 1 heterocycles. The van der Waals surface area contributed by atoms with Crippen molar-refractivity contribution in [3.8, 4) is 5.75 Å². The molecule has 1 aromatic heterocycles. The van der Waals surface area contributed by atoms with Gasteiger partial charge < -0.3 is 4.74 Å². The van der Waals surface area contributed by atoms with Crippen molar-refractivity contribution in [2.24, 2.45) is 5.10 Å². The second-order valence-corrected chi connectivity index (χ2v) is 4.53. The lowest BCUT2D eigenvalue weighted by atomic mass is 10.2. The molecule has 0 radical (unpaired) electrons. The summed E-state index contributed by atoms with van der Waals surface area (Å²) in [6.45, 7) is 3.66. The number of nitrogens with one attached hydrogen (secondary N) is 1. The summed E-state index contributed by atoms with van der Waals surface area (Å²) < 4.78 is 5.44. The first-order chi connectivity index (χ1) is 10.2. The van der Waals surface area contributed by atoms with E-state index in [0.717, 1.165) is 11.1 Å². The second kappa shape index (κ2) is 7.19. The van der Waals surface area contributed by atoms with Crippen LogP contribution < -0.4 is 10.2 Å². The van der Waals surface area contributed by atoms with Crippen LogP contribution in [0.3, 0.4) is 0 Å². The van der Waals surface area contributed by atoms with E-state index in [4.69, 9.17) is 4.74 Å². The molecular formula is C16H17N3O2. The summed E-state index contributed by atoms with van der Waals surface area (Å²) in [5.41, 5.74) is 5.00. The highest BCUT2D eigenvalue weighted by Gasteiger charge is 2.04. The quantitative estimate of drug-likeness (QED) is 0.676. The minimum atomic E-state index is -0.304. The van der Waals surface area contributed by atoms with Crippen LogP contribution in [0, 0.1) is 6.92 Å². The Hall–Kier alpha value is -2.69. The van der Waals surface area contributed by atoms with Crippen LogP contribution in [0.2, 0.25) is 0 Å². The maximum absolute atomic E-state index is 11.7. The third-order valence-corrected chi connectivity index (χ3v) is 2.88. The first-order valence-electron chi connectivity index (χ1n) is 6.59. The van der Waals surface area contributed by atoms with Gasteiger partial charge in [-0.05, 0) is 31.5 Å². The summed E-state index contributed by atoms with van der Waals surface area (Å²) in [7, 11) is 0. The smallest absolute Gasteiger partial charge is 0.277 e. The van der Waals surface area contributed by atoms with Gasteiger partial charge in [-0.1, -0.05) is 24.3 Å². The molecule has 5 nitrogen and oxygen atoms in total. The molecule has 0 aliphatic rings. The highest BCUT2D eigenvalue weighted by atomic mass is 16.5. The number of pyridine rings is 1. The molecule has 0 fully saturated rings. The molecule has 21 heavy (non-hydrogen) atoms. The van der Waals surface area contributed by atoms with Gasteiger partial charge in [0.15, 0.2) is 6.61 Å². The molecule has 0 saturated heterocycles. The van der Waals surface area contributed by atoms with Gasteiger partial charge >= 0.3 is 0 Å². The lowest BCUT2D eigenvalue weighted by Crippen LogP contribution is -2.25. The minimum Gasteiger partial charge on any atom is -0.483 e. The van der Waals surface area contributed by atoms with Gasteiger partial charge in [-0.3, -0.25) is 9.78 Å². The van der Waals surface area contributed by atoms with Gasteiger partial charge in [-0.25, -0.2) is 5.43 Å². The molecule has 1 aromatic carbocycles. The number of aromatic nitrogens is 1. The van der Waals surface area contributed by atoms with Gasteiger partial charge in [-0.2, -0.15) is 5.10 Å². The fourth-order valence-electron chi connectivity index (χ4n) is 1.68. The van der Waals surface area contributed by atoms with Crippen LogP contribution in [0.1, 0.15) is 18.1 Å². The van der Waals surface area contributed by atoms with Crippen molar-refractivity contribution < 1.29 is 9.53 Å². The zero-order chi connectivity index (χ0) is 15.1. The highest BCUT2D eigenvalue weighted by Crippen LogP contribution is 2.15. The van der Waals surface area contributed by atoms with Crippen molar-refractivity contribution in [2.75, 3.05) is 6.61 Å². The maximum Gasteiger partial charge on any atom is 0.277 e. The van der Waals surface area contributed by atoms with Crippen LogP contribution in [0.4, 0.5) is 0 Å². The van der Waals surface area contributed by atoms with E-state index < -0.39 is 0 Å². The van der Waals surface area contributed by atoms with Crippen LogP contribution in [-0.2, 0) is 4.79 Å². The molecule has 108 valence electrons. The number of hydrogen-bond acceptors (Lipinski definition) is 4. The molecule has 2 rings (SSSR count). The Bertz CT molecular complexity index is 639. The molecule has 0 bridgehead atoms. The number of carbonyl (C=O) groups is 1. The van der Waals surface area contributed by atoms with E-state index in [2.05, 4.69) is 15.5 Å². The Morgan fingerprint density at radius 2 is 2.10 bits per heavy atom. The number of para-hydroxylation sites is 1. The van der Waals surface area contributed by atoms with Crippen molar-refractivity contribution in [1.29, 1.82) is 0 Å². The number of hydrazone groups is 1. The van der Waals surface area contributed by atoms with Crippen LogP contribution >= 0.6 is 0 Å². The Morgan fingerprint density at radius 3 is 2.81 bits per heavy atom. The van der Waals surface area contributed by atoms with Crippen molar-refractivity contribution in [2.45, 2.75) is 13.8 Å². The minimum absolute atomic E-state index is 0.0747. The molecule has 5 heteroatoms. The first-order valence-corrected chi connectivity index (χ1v) is 6.59. The topological polar surface area (TPSA) is 63.6 Å². The zero-order valence-corrected chi connectivity index (χ0v) is 12.0. The summed E-state index contributed by atoms with van der Waals surface area (Å²) in [5, 5.41) is 4.03. The van der Waals surface area contributed by atoms with Crippen LogP contribution in [0.5, 0.6) is 5.75 Å². The van der Waals surface area contributed by atoms with E-state index in [9.17, 15) is 4.79 Å². The third-order valence-electron chi connectivity index (χ3n) is 2.88. The normalized spacial score (nSPS) is 11.0. The molecule has 0 atom stereocenters. The van der Waals surface area contributed by atoms with Crippen molar-refractivity contribution in [1.82, 2.24) is 10.4 Å². The van der Waals surface area contributed by atoms with Gasteiger partial charge in [0.25, 0.3) is 5.91 Å². The Kier molecular flexibility index (Phi) is 5.04. The molecule has 0 spiro atoms. The average Bonchev–Trinajstić information content (AvgIpc) is 2.52. The molecule has 1 amide bonds. The van der Waals surface area contributed by atoms with Crippen molar-refractivity contribution >= 4 is 11.6 Å². The first kappa shape index (κ1) is 14.7. The molecule has 1 N–H and O–H groups in total. The lowest BCUT2D eigenvalue weighted by Gasteiger charge is -2.07. The number of benzene rings is 1. The number of ether oxygens (including phenoxy) is 1. The standard InChI is InChI=1S/C16H17N3O2/c1-12-6-3-4-8-15(12)21-11-16(20)19-18-13(2)14-7-5-9-17-10-14/h3-10H,11H2,1-2H3,(H,19,20)/b18-13-. The maximum atomic E-state index is 11.7. The van der Waals surface area contributed by atoms with E-state index in [0.29, 0.717) is 11.5 Å². The number of aryl methyl sites for hydroxylation is 1. The highest BCUT2D eigenvalue weighted by molar-refractivity contribution is 5.98. The zero-order valence-electron chi connectivity index (χ0n) is 12.0. The van der Waals surface area contributed by atoms with Crippen molar-refractivity contribution in [3.63, 3.8) is 0 Å². The van der Waals surface area contributed by atoms with Gasteiger partial charge in [0.1, 0.15) is 5.75 Å². The summed E-state index contributed by atoms with van der Waals surface area (Å²) in [4.78, 5) is 15.7. The van der Waals surface area contributed by atoms with Crippen LogP contribution in [0.15, 0.2) is 53.9 Å². The second-order valence-electron chi connectivity index (χ2n) is 4.53. The van der Waals surface area contributed by atoms with E-state index in [-0.39, 0.29) is 12.5 Å². The fraction of sp³-hybridized carbons (Fsp3) is 0.188. The number of rotatable bonds is 5. The van der Waals surface area contributed by atoms with E-state index >= 15 is 0 Å². The van der Waals surface area contributed by atoms with Crippen molar-refractivity contribution in [3.05, 3.63) is 59.9 Å². The molecule has 2 aromatic rings. The fourth-order valence-corrected chi connectivity index (χ4v) is 1.68. The van der Waals surface area contributed by atoms with Gasteiger partial charge in [0.05, 0.1) is 5.71 Å². The van der Waals surface area contributed by atoms with E-state index in [1.54, 1.807) is 19.3 Å². The number of amides is 1. The summed E-state index contributed by atoms with van der Waals surface area (Å²) in [6, 6.07) is 11.2. The Morgan fingerprint density at radius 1 is 1.29 bits per heavy atom. The van der Waals surface area contributed by atoms with Gasteiger partial charge in [0.2, 0.25) is 0 Å². The predicted molar refractivity (Wildman–Crippen MR) is 81.3 cm³/mol. The molecule has 0 saturated carbocycles. The lowest BCUT2D eigenvalue weighted by molar-refractivity contribution is -0.123. The predicted octanol–water partition coefficient (Wildman–Crippen LogP) is 2.31. The number of hydrogen-bond donors (Lipinski definition) is 1. The van der Waals surface area contributed by atoms with Crippen LogP contribution in [0.25, 0.3) is 0 Å². The summed E-state index contributed by atoms with van der Waals surface area (Å²) in [6.07, 6.45) is 3.38. The third kappa shape index (κ3) is 4.42. The van der Waals surface area contributed by atoms with Gasteiger partial charge in [0, 0.05) is 18.0 Å². The summed E-state index contributed by atoms with van der Waals surface area (Å²) >= 11 is 0. The molecule has 0 aliphatic carbocycles. The van der Waals surface area contributed by atoms with E-state index in [1.807, 2.05) is 43.3 Å². The molecule has 0 aliphatic heterocycles. The number of carbonyl (C=O) groups excluding carboxylic acids is 1. The van der Waals surface area contributed by atoms with Crippen LogP contribution in [-0.4, -0.2) is 23.2 Å². The Balaban J connectivity index is 1.87. The average molecular weight is 283 g/mol. The monoisotopic (exact) mass is 283 g/mol. The largest absolute Gasteiger partial charge is 0.483 e. The number of nitrogens with zero attached hydrogens (tertiary/aromatic N) is 2. The Labute approximate surface area is 123 Å². The summed E-state index contributed by atoms with van der Waals surface area (Å²) in [5.74, 6) is 0.391. The SMILES string of the molecule is C/C(=N/NC(=O)COc1ccccc1C)c1cccnc1. The van der Waals surface area contributed by atoms with Gasteiger partial charge in [-0.15, -0.1) is 0 Å². The molecular weight excluding hydrogens is 266 g/mol.